The number of anilines is 2. The van der Waals surface area contributed by atoms with Crippen LogP contribution in [0.15, 0.2) is 48.5 Å². The van der Waals surface area contributed by atoms with Gasteiger partial charge in [-0.15, -0.1) is 0 Å². The molecule has 120 valence electrons. The minimum absolute atomic E-state index is 0.235. The summed E-state index contributed by atoms with van der Waals surface area (Å²) in [6.45, 7) is 0. The number of nitrogens with one attached hydrogen (secondary N) is 1. The van der Waals surface area contributed by atoms with Crippen LogP contribution in [-0.2, 0) is 4.79 Å². The standard InChI is InChI=1S/C18H19ClN2O2/c1-21(2)16-10-9-14(19)12-15(16)20-18(22)11-8-13-6-4-5-7-17(13)23-3/h4-12H,1-3H3,(H,20,22). The molecule has 0 fully saturated rings. The Bertz CT molecular complexity index is 727. The van der Waals surface area contributed by atoms with Crippen LogP contribution in [0.1, 0.15) is 5.56 Å². The topological polar surface area (TPSA) is 41.6 Å². The van der Waals surface area contributed by atoms with Crippen molar-refractivity contribution in [2.24, 2.45) is 0 Å². The molecular weight excluding hydrogens is 312 g/mol. The average molecular weight is 331 g/mol. The Kier molecular flexibility index (Phi) is 5.66. The van der Waals surface area contributed by atoms with Crippen LogP contribution in [-0.4, -0.2) is 27.1 Å². The van der Waals surface area contributed by atoms with Crippen LogP contribution in [0.25, 0.3) is 6.08 Å². The molecule has 1 N–H and O–H groups in total. The van der Waals surface area contributed by atoms with E-state index >= 15 is 0 Å². The molecule has 0 atom stereocenters. The Hall–Kier alpha value is -2.46. The molecule has 0 aromatic heterocycles. The van der Waals surface area contributed by atoms with Gasteiger partial charge < -0.3 is 15.0 Å². The summed E-state index contributed by atoms with van der Waals surface area (Å²) in [5.74, 6) is 0.481. The summed E-state index contributed by atoms with van der Waals surface area (Å²) in [7, 11) is 5.41. The first kappa shape index (κ1) is 16.9. The molecule has 0 radical (unpaired) electrons. The highest BCUT2D eigenvalue weighted by Gasteiger charge is 2.08. The van der Waals surface area contributed by atoms with Crippen molar-refractivity contribution in [1.29, 1.82) is 0 Å². The Balaban J connectivity index is 2.17. The number of halogens is 1. The number of amides is 1. The molecule has 0 heterocycles. The summed E-state index contributed by atoms with van der Waals surface area (Å²) in [4.78, 5) is 14.1. The van der Waals surface area contributed by atoms with Crippen molar-refractivity contribution in [3.63, 3.8) is 0 Å². The number of hydrogen-bond donors (Lipinski definition) is 1. The molecule has 0 spiro atoms. The monoisotopic (exact) mass is 330 g/mol. The summed E-state index contributed by atoms with van der Waals surface area (Å²) < 4.78 is 5.26. The van der Waals surface area contributed by atoms with E-state index in [4.69, 9.17) is 16.3 Å². The molecule has 0 aliphatic carbocycles. The van der Waals surface area contributed by atoms with Crippen molar-refractivity contribution in [2.75, 3.05) is 31.4 Å². The molecule has 0 unspecified atom stereocenters. The van der Waals surface area contributed by atoms with Crippen molar-refractivity contribution in [3.05, 3.63) is 59.1 Å². The van der Waals surface area contributed by atoms with Gasteiger partial charge in [-0.1, -0.05) is 29.8 Å². The first-order valence-electron chi connectivity index (χ1n) is 7.10. The SMILES string of the molecule is COc1ccccc1C=CC(=O)Nc1cc(Cl)ccc1N(C)C. The summed E-state index contributed by atoms with van der Waals surface area (Å²) in [6, 6.07) is 12.9. The molecule has 0 saturated heterocycles. The molecule has 4 nitrogen and oxygen atoms in total. The molecule has 1 amide bonds. The number of ether oxygens (including phenoxy) is 1. The number of nitrogens with zero attached hydrogens (tertiary/aromatic N) is 1. The van der Waals surface area contributed by atoms with Gasteiger partial charge in [-0.05, 0) is 30.3 Å². The highest BCUT2D eigenvalue weighted by Crippen LogP contribution is 2.28. The third-order valence-corrected chi connectivity index (χ3v) is 3.49. The first-order valence-corrected chi connectivity index (χ1v) is 7.48. The Morgan fingerprint density at radius 1 is 1.22 bits per heavy atom. The fourth-order valence-electron chi connectivity index (χ4n) is 2.14. The minimum Gasteiger partial charge on any atom is -0.496 e. The molecular formula is C18H19ClN2O2. The second-order valence-corrected chi connectivity index (χ2v) is 5.56. The van der Waals surface area contributed by atoms with Gasteiger partial charge in [0.1, 0.15) is 5.75 Å². The van der Waals surface area contributed by atoms with Gasteiger partial charge in [0.05, 0.1) is 18.5 Å². The fraction of sp³-hybridized carbons (Fsp3) is 0.167. The van der Waals surface area contributed by atoms with Crippen LogP contribution in [0.5, 0.6) is 5.75 Å². The number of methoxy groups -OCH3 is 1. The summed E-state index contributed by atoms with van der Waals surface area (Å²) in [5, 5.41) is 3.42. The second kappa shape index (κ2) is 7.70. The van der Waals surface area contributed by atoms with Crippen LogP contribution in [0.3, 0.4) is 0 Å². The van der Waals surface area contributed by atoms with Crippen molar-refractivity contribution < 1.29 is 9.53 Å². The van der Waals surface area contributed by atoms with E-state index < -0.39 is 0 Å². The van der Waals surface area contributed by atoms with Gasteiger partial charge in [0.15, 0.2) is 0 Å². The number of para-hydroxylation sites is 1. The molecule has 5 heteroatoms. The highest BCUT2D eigenvalue weighted by molar-refractivity contribution is 6.31. The summed E-state index contributed by atoms with van der Waals surface area (Å²) >= 11 is 6.01. The lowest BCUT2D eigenvalue weighted by Crippen LogP contribution is -2.15. The number of carbonyl (C=O) groups excluding carboxylic acids is 1. The van der Waals surface area contributed by atoms with E-state index in [0.717, 1.165) is 11.3 Å². The van der Waals surface area contributed by atoms with E-state index in [-0.39, 0.29) is 5.91 Å². The van der Waals surface area contributed by atoms with E-state index in [0.29, 0.717) is 16.5 Å². The van der Waals surface area contributed by atoms with Crippen molar-refractivity contribution >= 4 is 35.0 Å². The molecule has 0 aliphatic rings. The second-order valence-electron chi connectivity index (χ2n) is 5.12. The fourth-order valence-corrected chi connectivity index (χ4v) is 2.31. The third kappa shape index (κ3) is 4.50. The smallest absolute Gasteiger partial charge is 0.248 e. The Morgan fingerprint density at radius 3 is 2.65 bits per heavy atom. The molecule has 2 aromatic carbocycles. The predicted molar refractivity (Wildman–Crippen MR) is 96.4 cm³/mol. The van der Waals surface area contributed by atoms with Crippen molar-refractivity contribution in [1.82, 2.24) is 0 Å². The maximum Gasteiger partial charge on any atom is 0.248 e. The lowest BCUT2D eigenvalue weighted by Gasteiger charge is -2.17. The van der Waals surface area contributed by atoms with Gasteiger partial charge in [-0.2, -0.15) is 0 Å². The maximum absolute atomic E-state index is 12.2. The predicted octanol–water partition coefficient (Wildman–Crippen LogP) is 4.07. The molecule has 0 saturated carbocycles. The van der Waals surface area contributed by atoms with E-state index in [2.05, 4.69) is 5.32 Å². The summed E-state index contributed by atoms with van der Waals surface area (Å²) in [5.41, 5.74) is 2.38. The quantitative estimate of drug-likeness (QED) is 0.840. The highest BCUT2D eigenvalue weighted by atomic mass is 35.5. The first-order chi connectivity index (χ1) is 11.0. The molecule has 23 heavy (non-hydrogen) atoms. The minimum atomic E-state index is -0.235. The molecule has 0 bridgehead atoms. The van der Waals surface area contributed by atoms with Crippen molar-refractivity contribution in [3.8, 4) is 5.75 Å². The molecule has 0 aliphatic heterocycles. The molecule has 2 rings (SSSR count). The maximum atomic E-state index is 12.2. The van der Waals surface area contributed by atoms with Gasteiger partial charge in [-0.25, -0.2) is 0 Å². The molecule has 2 aromatic rings. The zero-order valence-corrected chi connectivity index (χ0v) is 14.1. The van der Waals surface area contributed by atoms with Gasteiger partial charge in [0.2, 0.25) is 5.91 Å². The number of benzene rings is 2. The van der Waals surface area contributed by atoms with Crippen LogP contribution in [0.4, 0.5) is 11.4 Å². The number of rotatable bonds is 5. The lowest BCUT2D eigenvalue weighted by molar-refractivity contribution is -0.111. The van der Waals surface area contributed by atoms with E-state index in [1.54, 1.807) is 25.3 Å². The van der Waals surface area contributed by atoms with Crippen LogP contribution < -0.4 is 15.0 Å². The Labute approximate surface area is 141 Å². The van der Waals surface area contributed by atoms with Gasteiger partial charge in [0.25, 0.3) is 0 Å². The average Bonchev–Trinajstić information content (AvgIpc) is 2.53. The van der Waals surface area contributed by atoms with Crippen LogP contribution in [0, 0.1) is 0 Å². The van der Waals surface area contributed by atoms with E-state index in [1.807, 2.05) is 49.3 Å². The normalized spacial score (nSPS) is 10.6. The zero-order valence-electron chi connectivity index (χ0n) is 13.3. The van der Waals surface area contributed by atoms with Crippen molar-refractivity contribution in [2.45, 2.75) is 0 Å². The van der Waals surface area contributed by atoms with E-state index in [9.17, 15) is 4.79 Å². The lowest BCUT2D eigenvalue weighted by atomic mass is 10.2. The summed E-state index contributed by atoms with van der Waals surface area (Å²) in [6.07, 6.45) is 3.19. The number of hydrogen-bond acceptors (Lipinski definition) is 3. The zero-order chi connectivity index (χ0) is 16.8. The largest absolute Gasteiger partial charge is 0.496 e. The van der Waals surface area contributed by atoms with Gasteiger partial charge in [0, 0.05) is 30.8 Å². The Morgan fingerprint density at radius 2 is 1.96 bits per heavy atom. The van der Waals surface area contributed by atoms with Crippen LogP contribution >= 0.6 is 11.6 Å². The number of carbonyl (C=O) groups is 1. The van der Waals surface area contributed by atoms with Gasteiger partial charge >= 0.3 is 0 Å². The third-order valence-electron chi connectivity index (χ3n) is 3.25. The van der Waals surface area contributed by atoms with E-state index in [1.165, 1.54) is 6.08 Å². The van der Waals surface area contributed by atoms with Gasteiger partial charge in [-0.3, -0.25) is 4.79 Å². The van der Waals surface area contributed by atoms with Crippen LogP contribution in [0.2, 0.25) is 5.02 Å².